The molecule has 0 radical (unpaired) electrons. The van der Waals surface area contributed by atoms with Crippen LogP contribution in [0, 0.1) is 17.3 Å². The van der Waals surface area contributed by atoms with Gasteiger partial charge in [0.15, 0.2) is 0 Å². The number of carbonyl (C=O) groups is 2. The Morgan fingerprint density at radius 2 is 1.65 bits per heavy atom. The largest absolute Gasteiger partial charge is 0.387 e. The summed E-state index contributed by atoms with van der Waals surface area (Å²) in [4.78, 5) is 46.9. The number of likely N-dealkylation sites (N-methyl/N-ethyl adjacent to an activating group) is 1. The van der Waals surface area contributed by atoms with Crippen molar-refractivity contribution in [3.63, 3.8) is 0 Å². The Hall–Kier alpha value is -2.97. The van der Waals surface area contributed by atoms with Gasteiger partial charge in [-0.15, -0.1) is 0 Å². The second kappa shape index (κ2) is 12.9. The zero-order valence-electron chi connectivity index (χ0n) is 26.6. The molecule has 1 saturated carbocycles. The molecule has 5 rings (SSSR count). The van der Waals surface area contributed by atoms with E-state index in [4.69, 9.17) is 0 Å². The topological polar surface area (TPSA) is 86.1 Å². The highest BCUT2D eigenvalue weighted by Crippen LogP contribution is 2.41. The van der Waals surface area contributed by atoms with Crippen molar-refractivity contribution in [3.05, 3.63) is 58.5 Å². The highest BCUT2D eigenvalue weighted by molar-refractivity contribution is 6.00. The lowest BCUT2D eigenvalue weighted by Crippen LogP contribution is -2.61. The second-order valence-corrected chi connectivity index (χ2v) is 14.1. The van der Waals surface area contributed by atoms with Gasteiger partial charge in [0.1, 0.15) is 0 Å². The van der Waals surface area contributed by atoms with Gasteiger partial charge in [0.05, 0.1) is 17.7 Å². The van der Waals surface area contributed by atoms with Crippen LogP contribution < -0.4 is 5.56 Å². The number of aliphatic hydroxyl groups is 1. The van der Waals surface area contributed by atoms with Crippen LogP contribution >= 0.6 is 0 Å². The first-order valence-electron chi connectivity index (χ1n) is 16.3. The van der Waals surface area contributed by atoms with Gasteiger partial charge in [-0.3, -0.25) is 14.4 Å². The fraction of sp³-hybridized carbons (Fsp3) is 0.629. The first-order valence-corrected chi connectivity index (χ1v) is 16.3. The van der Waals surface area contributed by atoms with Crippen molar-refractivity contribution in [1.82, 2.24) is 19.3 Å². The van der Waals surface area contributed by atoms with Crippen LogP contribution in [0.4, 0.5) is 0 Å². The molecule has 43 heavy (non-hydrogen) atoms. The van der Waals surface area contributed by atoms with Crippen LogP contribution in [0.1, 0.15) is 76.1 Å². The summed E-state index contributed by atoms with van der Waals surface area (Å²) in [6, 6.07) is 11.1. The van der Waals surface area contributed by atoms with Crippen molar-refractivity contribution in [2.75, 3.05) is 46.3 Å². The molecule has 1 N–H and O–H groups in total. The summed E-state index contributed by atoms with van der Waals surface area (Å²) in [5.41, 5.74) is -0.215. The molecule has 3 aliphatic rings. The van der Waals surface area contributed by atoms with Crippen molar-refractivity contribution in [2.24, 2.45) is 17.3 Å². The lowest BCUT2D eigenvalue weighted by atomic mass is 9.69. The number of likely N-dealkylation sites (tertiary alicyclic amines) is 1. The van der Waals surface area contributed by atoms with Crippen LogP contribution in [0.15, 0.2) is 47.4 Å². The summed E-state index contributed by atoms with van der Waals surface area (Å²) < 4.78 is 1.51. The monoisotopic (exact) mass is 590 g/mol. The Morgan fingerprint density at radius 3 is 2.30 bits per heavy atom. The summed E-state index contributed by atoms with van der Waals surface area (Å²) in [5.74, 6) is 0.682. The molecule has 2 unspecified atom stereocenters. The number of hydrogen-bond acceptors (Lipinski definition) is 5. The van der Waals surface area contributed by atoms with E-state index in [0.29, 0.717) is 49.6 Å². The number of nitrogens with zero attached hydrogens (tertiary/aromatic N) is 4. The molecule has 2 aromatic rings. The van der Waals surface area contributed by atoms with Crippen LogP contribution in [-0.4, -0.2) is 88.1 Å². The van der Waals surface area contributed by atoms with Gasteiger partial charge in [0.2, 0.25) is 5.91 Å². The van der Waals surface area contributed by atoms with E-state index in [0.717, 1.165) is 25.1 Å². The molecule has 8 nitrogen and oxygen atoms in total. The van der Waals surface area contributed by atoms with Crippen molar-refractivity contribution >= 4 is 11.8 Å². The summed E-state index contributed by atoms with van der Waals surface area (Å²) in [5, 5.41) is 12.1. The van der Waals surface area contributed by atoms with Crippen LogP contribution in [0.5, 0.6) is 0 Å². The van der Waals surface area contributed by atoms with Crippen LogP contribution in [0.3, 0.4) is 0 Å². The number of amides is 2. The third-order valence-electron chi connectivity index (χ3n) is 10.4. The summed E-state index contributed by atoms with van der Waals surface area (Å²) >= 11 is 0. The lowest BCUT2D eigenvalue weighted by Gasteiger charge is -2.51. The van der Waals surface area contributed by atoms with E-state index in [-0.39, 0.29) is 29.8 Å². The highest BCUT2D eigenvalue weighted by Gasteiger charge is 2.49. The van der Waals surface area contributed by atoms with Gasteiger partial charge in [-0.2, -0.15) is 0 Å². The molecular weight excluding hydrogens is 540 g/mol. The van der Waals surface area contributed by atoms with Gasteiger partial charge in [-0.25, -0.2) is 0 Å². The van der Waals surface area contributed by atoms with E-state index < -0.39 is 11.0 Å². The van der Waals surface area contributed by atoms with Crippen molar-refractivity contribution in [1.29, 1.82) is 0 Å². The fourth-order valence-electron chi connectivity index (χ4n) is 7.36. The summed E-state index contributed by atoms with van der Waals surface area (Å²) in [6.45, 7) is 9.83. The van der Waals surface area contributed by atoms with Crippen LogP contribution in [0.2, 0.25) is 0 Å². The van der Waals surface area contributed by atoms with Crippen molar-refractivity contribution in [3.8, 4) is 11.1 Å². The molecule has 1 aromatic carbocycles. The molecule has 0 bridgehead atoms. The molecule has 3 fully saturated rings. The SMILES string of the molecule is CC(CC1CCCCC1)C(=O)N1CCC(O)(Cn2cc(C(=O)N3CCN(C)CC3)c(-c3ccccc3)cc2=O)C(C)(C)C1. The third-order valence-corrected chi connectivity index (χ3v) is 10.4. The van der Waals surface area contributed by atoms with E-state index in [1.807, 2.05) is 54.0 Å². The Bertz CT molecular complexity index is 1340. The standard InChI is InChI=1S/C35H50N4O4/c1-26(21-27-11-7-5-8-12-27)32(41)38-16-15-35(43,34(2,3)24-38)25-39-23-30(33(42)37-19-17-36(4)18-20-37)29(22-31(39)40)28-13-9-6-10-14-28/h6,9-10,13-14,22-23,26-27,43H,5,7-8,11-12,15-21,24-25H2,1-4H3. The van der Waals surface area contributed by atoms with Crippen molar-refractivity contribution < 1.29 is 14.7 Å². The zero-order chi connectivity index (χ0) is 30.8. The first kappa shape index (κ1) is 31.5. The predicted molar refractivity (Wildman–Crippen MR) is 170 cm³/mol. The average Bonchev–Trinajstić information content (AvgIpc) is 3.00. The number of carbonyl (C=O) groups excluding carboxylic acids is 2. The van der Waals surface area contributed by atoms with Crippen LogP contribution in [-0.2, 0) is 11.3 Å². The van der Waals surface area contributed by atoms with E-state index >= 15 is 0 Å². The molecule has 2 aliphatic heterocycles. The number of benzene rings is 1. The minimum absolute atomic E-state index is 0.0265. The van der Waals surface area contributed by atoms with E-state index in [1.54, 1.807) is 12.3 Å². The van der Waals surface area contributed by atoms with E-state index in [1.165, 1.54) is 36.7 Å². The van der Waals surface area contributed by atoms with Crippen LogP contribution in [0.25, 0.3) is 11.1 Å². The number of aromatic nitrogens is 1. The molecular formula is C35H50N4O4. The molecule has 2 saturated heterocycles. The summed E-state index contributed by atoms with van der Waals surface area (Å²) in [7, 11) is 2.05. The molecule has 8 heteroatoms. The predicted octanol–water partition coefficient (Wildman–Crippen LogP) is 4.50. The summed E-state index contributed by atoms with van der Waals surface area (Å²) in [6.07, 6.45) is 9.25. The number of rotatable bonds is 7. The number of piperidine rings is 1. The second-order valence-electron chi connectivity index (χ2n) is 14.1. The minimum Gasteiger partial charge on any atom is -0.387 e. The Labute approximate surface area is 256 Å². The van der Waals surface area contributed by atoms with E-state index in [9.17, 15) is 19.5 Å². The quantitative estimate of drug-likeness (QED) is 0.513. The van der Waals surface area contributed by atoms with Gasteiger partial charge in [-0.05, 0) is 31.4 Å². The van der Waals surface area contributed by atoms with Gasteiger partial charge in [-0.1, -0.05) is 83.2 Å². The third kappa shape index (κ3) is 6.91. The Kier molecular flexibility index (Phi) is 9.47. The number of pyridine rings is 1. The maximum absolute atomic E-state index is 13.9. The van der Waals surface area contributed by atoms with Gasteiger partial charge >= 0.3 is 0 Å². The first-order chi connectivity index (χ1) is 20.5. The zero-order valence-corrected chi connectivity index (χ0v) is 26.6. The minimum atomic E-state index is -1.22. The fourth-order valence-corrected chi connectivity index (χ4v) is 7.36. The van der Waals surface area contributed by atoms with Crippen molar-refractivity contribution in [2.45, 2.75) is 77.9 Å². The van der Waals surface area contributed by atoms with Gasteiger partial charge < -0.3 is 24.4 Å². The molecule has 0 spiro atoms. The lowest BCUT2D eigenvalue weighted by molar-refractivity contribution is -0.157. The maximum atomic E-state index is 13.9. The van der Waals surface area contributed by atoms with Gasteiger partial charge in [0, 0.05) is 68.4 Å². The molecule has 234 valence electrons. The average molecular weight is 591 g/mol. The van der Waals surface area contributed by atoms with Gasteiger partial charge in [0.25, 0.3) is 11.5 Å². The normalized spacial score (nSPS) is 24.1. The molecule has 2 atom stereocenters. The Morgan fingerprint density at radius 1 is 0.977 bits per heavy atom. The number of hydrogen-bond donors (Lipinski definition) is 1. The Balaban J connectivity index is 1.37. The smallest absolute Gasteiger partial charge is 0.256 e. The molecule has 1 aliphatic carbocycles. The number of piperazine rings is 1. The maximum Gasteiger partial charge on any atom is 0.256 e. The highest BCUT2D eigenvalue weighted by atomic mass is 16.3. The molecule has 1 aromatic heterocycles. The van der Waals surface area contributed by atoms with E-state index in [2.05, 4.69) is 18.9 Å². The molecule has 3 heterocycles. The molecule has 2 amide bonds.